The number of rotatable bonds is 20. The summed E-state index contributed by atoms with van der Waals surface area (Å²) in [5, 5.41) is 4.89. The van der Waals surface area contributed by atoms with Crippen LogP contribution in [0.5, 0.6) is 0 Å². The van der Waals surface area contributed by atoms with E-state index in [1.54, 1.807) is 0 Å². The fraction of sp³-hybridized carbons (Fsp3) is 0.966. The molecule has 0 N–H and O–H groups in total. The number of ether oxygens (including phenoxy) is 1. The maximum atomic E-state index is 11.7. The van der Waals surface area contributed by atoms with E-state index < -0.39 is 6.16 Å². The van der Waals surface area contributed by atoms with Crippen molar-refractivity contribution in [1.29, 1.82) is 0 Å². The first-order valence-electron chi connectivity index (χ1n) is 14.9. The summed E-state index contributed by atoms with van der Waals surface area (Å²) in [4.78, 5) is 22.1. The molecule has 0 unspecified atom stereocenters. The molecule has 0 amide bonds. The van der Waals surface area contributed by atoms with Crippen molar-refractivity contribution in [1.82, 2.24) is 0 Å². The van der Waals surface area contributed by atoms with Crippen LogP contribution < -0.4 is 0 Å². The van der Waals surface area contributed by atoms with Gasteiger partial charge in [0, 0.05) is 0 Å². The molecule has 198 valence electrons. The van der Waals surface area contributed by atoms with Crippen molar-refractivity contribution in [3.05, 3.63) is 0 Å². The minimum Gasteiger partial charge on any atom is -0.432 e. The van der Waals surface area contributed by atoms with Gasteiger partial charge in [0.1, 0.15) is 5.60 Å². The van der Waals surface area contributed by atoms with Gasteiger partial charge in [-0.05, 0) is 67.7 Å². The Hall–Kier alpha value is -0.810. The summed E-state index contributed by atoms with van der Waals surface area (Å²) < 4.78 is 5.12. The quantitative estimate of drug-likeness (QED) is 0.0752. The number of carbonyl (C=O) groups is 1. The Bertz CT molecular complexity index is 513. The van der Waals surface area contributed by atoms with Crippen LogP contribution in [0.15, 0.2) is 0 Å². The van der Waals surface area contributed by atoms with Gasteiger partial charge in [0.25, 0.3) is 0 Å². The third-order valence-electron chi connectivity index (χ3n) is 8.51. The molecule has 4 aliphatic carbocycles. The van der Waals surface area contributed by atoms with E-state index in [1.807, 2.05) is 0 Å². The van der Waals surface area contributed by atoms with Crippen LogP contribution >= 0.6 is 0 Å². The van der Waals surface area contributed by atoms with E-state index in [2.05, 4.69) is 6.92 Å². The molecule has 0 radical (unpaired) electrons. The molecule has 4 saturated carbocycles. The van der Waals surface area contributed by atoms with E-state index in [9.17, 15) is 4.79 Å². The van der Waals surface area contributed by atoms with Crippen molar-refractivity contribution in [2.24, 2.45) is 17.8 Å². The van der Waals surface area contributed by atoms with Crippen molar-refractivity contribution >= 4 is 6.16 Å². The fourth-order valence-electron chi connectivity index (χ4n) is 7.08. The van der Waals surface area contributed by atoms with Gasteiger partial charge in [-0.1, -0.05) is 103 Å². The first kappa shape index (κ1) is 27.8. The van der Waals surface area contributed by atoms with Gasteiger partial charge >= 0.3 is 6.16 Å². The molecule has 4 rings (SSSR count). The van der Waals surface area contributed by atoms with Crippen LogP contribution in [0.2, 0.25) is 0 Å². The Labute approximate surface area is 208 Å². The van der Waals surface area contributed by atoms with Gasteiger partial charge in [-0.2, -0.15) is 4.89 Å². The van der Waals surface area contributed by atoms with E-state index in [0.29, 0.717) is 6.61 Å². The monoisotopic (exact) mass is 480 g/mol. The molecule has 0 aromatic heterocycles. The highest BCUT2D eigenvalue weighted by molar-refractivity contribution is 5.58. The molecule has 5 nitrogen and oxygen atoms in total. The van der Waals surface area contributed by atoms with Crippen LogP contribution in [0.3, 0.4) is 0 Å². The van der Waals surface area contributed by atoms with Crippen molar-refractivity contribution in [3.8, 4) is 0 Å². The van der Waals surface area contributed by atoms with Crippen LogP contribution in [0.1, 0.15) is 148 Å². The van der Waals surface area contributed by atoms with Crippen molar-refractivity contribution < 1.29 is 24.3 Å². The maximum Gasteiger partial charge on any atom is 0.542 e. The molecule has 5 heteroatoms. The molecule has 0 heterocycles. The molecule has 4 bridgehead atoms. The lowest BCUT2D eigenvalue weighted by Crippen LogP contribution is -2.52. The third-order valence-corrected chi connectivity index (χ3v) is 8.51. The summed E-state index contributed by atoms with van der Waals surface area (Å²) in [6.45, 7) is 2.67. The number of unbranched alkanes of at least 4 members (excludes halogenated alkanes) is 15. The van der Waals surface area contributed by atoms with Crippen LogP contribution in [0.25, 0.3) is 0 Å². The normalized spacial score (nSPS) is 27.3. The molecule has 0 atom stereocenters. The first-order valence-corrected chi connectivity index (χ1v) is 14.9. The molecule has 0 spiro atoms. The largest absolute Gasteiger partial charge is 0.542 e. The van der Waals surface area contributed by atoms with Crippen LogP contribution in [0, 0.1) is 17.8 Å². The highest BCUT2D eigenvalue weighted by atomic mass is 17.5. The summed E-state index contributed by atoms with van der Waals surface area (Å²) in [6, 6.07) is 0. The van der Waals surface area contributed by atoms with Crippen LogP contribution in [0.4, 0.5) is 4.79 Å². The summed E-state index contributed by atoms with van der Waals surface area (Å²) >= 11 is 0. The van der Waals surface area contributed by atoms with E-state index in [1.165, 1.54) is 109 Å². The lowest BCUT2D eigenvalue weighted by molar-refractivity contribution is -0.530. The lowest BCUT2D eigenvalue weighted by Gasteiger charge is -2.54. The Morgan fingerprint density at radius 3 is 1.50 bits per heavy atom. The second-order valence-corrected chi connectivity index (χ2v) is 11.7. The van der Waals surface area contributed by atoms with Gasteiger partial charge in [0.15, 0.2) is 0 Å². The zero-order valence-corrected chi connectivity index (χ0v) is 22.0. The summed E-state index contributed by atoms with van der Waals surface area (Å²) in [5.74, 6) is 2.28. The highest BCUT2D eigenvalue weighted by Gasteiger charge is 2.53. The topological polar surface area (TPSA) is 54.0 Å². The third kappa shape index (κ3) is 10.4. The summed E-state index contributed by atoms with van der Waals surface area (Å²) in [7, 11) is 0. The Kier molecular flexibility index (Phi) is 13.1. The summed E-state index contributed by atoms with van der Waals surface area (Å²) in [6.07, 6.45) is 27.6. The zero-order valence-electron chi connectivity index (χ0n) is 22.0. The van der Waals surface area contributed by atoms with E-state index in [4.69, 9.17) is 19.6 Å². The predicted molar refractivity (Wildman–Crippen MR) is 135 cm³/mol. The van der Waals surface area contributed by atoms with Gasteiger partial charge in [-0.3, -0.25) is 0 Å². The predicted octanol–water partition coefficient (Wildman–Crippen LogP) is 9.23. The second-order valence-electron chi connectivity index (χ2n) is 11.7. The molecule has 4 aliphatic rings. The van der Waals surface area contributed by atoms with Crippen LogP contribution in [-0.4, -0.2) is 18.4 Å². The second kappa shape index (κ2) is 16.0. The van der Waals surface area contributed by atoms with Gasteiger partial charge in [-0.15, -0.1) is 0 Å². The molecule has 0 saturated heterocycles. The highest BCUT2D eigenvalue weighted by Crippen LogP contribution is 2.57. The van der Waals surface area contributed by atoms with Gasteiger partial charge in [0.2, 0.25) is 0 Å². The van der Waals surface area contributed by atoms with E-state index >= 15 is 0 Å². The smallest absolute Gasteiger partial charge is 0.432 e. The lowest BCUT2D eigenvalue weighted by atomic mass is 9.54. The van der Waals surface area contributed by atoms with Crippen molar-refractivity contribution in [2.45, 2.75) is 154 Å². The molecule has 0 aromatic rings. The molecule has 34 heavy (non-hydrogen) atoms. The number of carbonyl (C=O) groups excluding carboxylic acids is 1. The molecule has 0 aromatic carbocycles. The van der Waals surface area contributed by atoms with Crippen LogP contribution in [-0.2, 0) is 19.6 Å². The van der Waals surface area contributed by atoms with E-state index in [0.717, 1.165) is 49.9 Å². The number of hydrogen-bond acceptors (Lipinski definition) is 5. The van der Waals surface area contributed by atoms with Gasteiger partial charge in [0.05, 0.1) is 6.61 Å². The standard InChI is InChI=1S/C29H52O5/c1-2-3-4-5-6-7-8-9-10-11-12-13-14-15-16-17-18-31-28(30)32-34-33-29-22-25-19-26(23-29)21-27(20-25)24-29/h25-27H,2-24H2,1H3. The van der Waals surface area contributed by atoms with Crippen molar-refractivity contribution in [2.75, 3.05) is 6.61 Å². The Balaban J connectivity index is 1.03. The van der Waals surface area contributed by atoms with Crippen molar-refractivity contribution in [3.63, 3.8) is 0 Å². The zero-order chi connectivity index (χ0) is 23.9. The Morgan fingerprint density at radius 2 is 1.06 bits per heavy atom. The Morgan fingerprint density at radius 1 is 0.647 bits per heavy atom. The minimum atomic E-state index is -0.786. The fourth-order valence-corrected chi connectivity index (χ4v) is 7.08. The SMILES string of the molecule is CCCCCCCCCCCCCCCCCCOC(=O)OOOC12CC3CC(CC(C3)C1)C2. The van der Waals surface area contributed by atoms with E-state index in [-0.39, 0.29) is 5.60 Å². The summed E-state index contributed by atoms with van der Waals surface area (Å²) in [5.41, 5.74) is -0.233. The molecule has 4 fully saturated rings. The maximum absolute atomic E-state index is 11.7. The van der Waals surface area contributed by atoms with Gasteiger partial charge in [-0.25, -0.2) is 9.68 Å². The van der Waals surface area contributed by atoms with Gasteiger partial charge < -0.3 is 4.74 Å². The minimum absolute atomic E-state index is 0.233. The molecular weight excluding hydrogens is 428 g/mol. The average molecular weight is 481 g/mol. The molecular formula is C29H52O5. The average Bonchev–Trinajstić information content (AvgIpc) is 2.80. The molecule has 0 aliphatic heterocycles. The number of hydrogen-bond donors (Lipinski definition) is 0. The first-order chi connectivity index (χ1) is 16.7.